The highest BCUT2D eigenvalue weighted by molar-refractivity contribution is 5.81. The smallest absolute Gasteiger partial charge is 0.251 e. The molecule has 53 heavy (non-hydrogen) atoms. The Morgan fingerprint density at radius 1 is 0.491 bits per heavy atom. The van der Waals surface area contributed by atoms with Gasteiger partial charge in [0.05, 0.1) is 6.61 Å². The minimum atomic E-state index is -2.07. The first kappa shape index (κ1) is 44.1. The van der Waals surface area contributed by atoms with Gasteiger partial charge in [-0.1, -0.05) is 0 Å². The van der Waals surface area contributed by atoms with Gasteiger partial charge in [0.2, 0.25) is 0 Å². The van der Waals surface area contributed by atoms with Gasteiger partial charge in [-0.2, -0.15) is 0 Å². The second-order valence-corrected chi connectivity index (χ2v) is 8.23. The van der Waals surface area contributed by atoms with Crippen LogP contribution in [0.25, 0.3) is 0 Å². The molecule has 0 aromatic carbocycles. The van der Waals surface area contributed by atoms with Crippen molar-refractivity contribution < 1.29 is 30.3 Å². The van der Waals surface area contributed by atoms with Crippen molar-refractivity contribution in [3.05, 3.63) is 0 Å². The number of nitrogens with one attached hydrogen (secondary N) is 1. The van der Waals surface area contributed by atoms with Crippen molar-refractivity contribution in [2.45, 2.75) is 30.8 Å². The molecule has 0 spiro atoms. The molecule has 8 nitrogen and oxygen atoms in total. The van der Waals surface area contributed by atoms with E-state index in [0.29, 0.717) is 0 Å². The van der Waals surface area contributed by atoms with E-state index in [9.17, 15) is 25.2 Å². The van der Waals surface area contributed by atoms with E-state index in [1.54, 1.807) is 0 Å². The SMILES string of the molecule is C#CC#CC#CC#CC#CC#CC#CC#CC#CN(C#CC#CC#CC#CC#CC#CC#CC#CC#C)CCCNC(=O)C(O)C(O)C(O)C(O)CO. The van der Waals surface area contributed by atoms with E-state index in [2.05, 4.69) is 207 Å². The predicted molar refractivity (Wildman–Crippen MR) is 198 cm³/mol. The lowest BCUT2D eigenvalue weighted by Gasteiger charge is -2.25. The van der Waals surface area contributed by atoms with Crippen molar-refractivity contribution >= 4 is 5.91 Å². The summed E-state index contributed by atoms with van der Waals surface area (Å²) in [5.41, 5.74) is 0. The number of hydrogen-bond donors (Lipinski definition) is 6. The highest BCUT2D eigenvalue weighted by atomic mass is 16.4. The molecule has 8 heteroatoms. The van der Waals surface area contributed by atoms with Crippen LogP contribution in [0.3, 0.4) is 0 Å². The molecular formula is C45H20N2O6. The number of aliphatic hydroxyl groups is 5. The van der Waals surface area contributed by atoms with Crippen LogP contribution in [0.2, 0.25) is 0 Å². The fraction of sp³-hybridized carbons (Fsp3) is 0.178. The Kier molecular flexibility index (Phi) is 27.5. The molecule has 0 fully saturated rings. The van der Waals surface area contributed by atoms with Crippen molar-refractivity contribution in [3.8, 4) is 214 Å². The van der Waals surface area contributed by atoms with Crippen LogP contribution in [0.15, 0.2) is 0 Å². The lowest BCUT2D eigenvalue weighted by molar-refractivity contribution is -0.148. The largest absolute Gasteiger partial charge is 0.394 e. The van der Waals surface area contributed by atoms with Crippen LogP contribution in [0, 0.1) is 214 Å². The second-order valence-electron chi connectivity index (χ2n) is 8.23. The highest BCUT2D eigenvalue weighted by Crippen LogP contribution is 2.05. The first-order valence-corrected chi connectivity index (χ1v) is 14.2. The summed E-state index contributed by atoms with van der Waals surface area (Å²) in [5.74, 6) is 76.9. The van der Waals surface area contributed by atoms with Gasteiger partial charge in [-0.05, 0) is 101 Å². The predicted octanol–water partition coefficient (Wildman–Crippen LogP) is -3.53. The summed E-state index contributed by atoms with van der Waals surface area (Å²) in [6, 6.07) is 5.37. The summed E-state index contributed by atoms with van der Waals surface area (Å²) in [5, 5.41) is 50.1. The zero-order valence-corrected chi connectivity index (χ0v) is 27.4. The summed E-state index contributed by atoms with van der Waals surface area (Å²) >= 11 is 0. The van der Waals surface area contributed by atoms with Crippen molar-refractivity contribution in [2.75, 3.05) is 19.7 Å². The van der Waals surface area contributed by atoms with Gasteiger partial charge in [-0.25, -0.2) is 0 Å². The number of rotatable bonds is 9. The van der Waals surface area contributed by atoms with E-state index in [1.165, 1.54) is 4.90 Å². The van der Waals surface area contributed by atoms with Crippen molar-refractivity contribution in [2.24, 2.45) is 0 Å². The number of nitrogens with zero attached hydrogens (tertiary/aromatic N) is 1. The first-order chi connectivity index (χ1) is 25.9. The van der Waals surface area contributed by atoms with Crippen LogP contribution in [0.1, 0.15) is 6.42 Å². The Bertz CT molecular complexity index is 2360. The van der Waals surface area contributed by atoms with Gasteiger partial charge < -0.3 is 30.8 Å². The second kappa shape index (κ2) is 33.1. The molecule has 0 heterocycles. The lowest BCUT2D eigenvalue weighted by Crippen LogP contribution is -2.51. The third kappa shape index (κ3) is 26.9. The zero-order valence-electron chi connectivity index (χ0n) is 27.4. The molecule has 4 atom stereocenters. The Morgan fingerprint density at radius 2 is 0.792 bits per heavy atom. The minimum Gasteiger partial charge on any atom is -0.394 e. The molecule has 4 unspecified atom stereocenters. The van der Waals surface area contributed by atoms with Crippen molar-refractivity contribution in [3.63, 3.8) is 0 Å². The molecule has 0 saturated heterocycles. The molecule has 0 aliphatic rings. The van der Waals surface area contributed by atoms with Crippen LogP contribution in [-0.2, 0) is 4.79 Å². The Labute approximate surface area is 310 Å². The topological polar surface area (TPSA) is 133 Å². The summed E-state index contributed by atoms with van der Waals surface area (Å²) in [7, 11) is 0. The molecule has 0 radical (unpaired) electrons. The molecular weight excluding hydrogens is 665 g/mol. The summed E-state index contributed by atoms with van der Waals surface area (Å²) in [6.45, 7) is -0.720. The van der Waals surface area contributed by atoms with Gasteiger partial charge in [0.15, 0.2) is 6.10 Å². The van der Waals surface area contributed by atoms with E-state index in [1.807, 2.05) is 0 Å². The van der Waals surface area contributed by atoms with Gasteiger partial charge in [0, 0.05) is 120 Å². The van der Waals surface area contributed by atoms with E-state index in [4.69, 9.17) is 18.0 Å². The average Bonchev–Trinajstić information content (AvgIpc) is 3.17. The summed E-state index contributed by atoms with van der Waals surface area (Å²) in [6.07, 6.45) is 2.35. The van der Waals surface area contributed by atoms with Crippen LogP contribution in [-0.4, -0.2) is 80.5 Å². The molecule has 0 aliphatic heterocycles. The Hall–Kier alpha value is -8.85. The molecule has 0 aliphatic carbocycles. The van der Waals surface area contributed by atoms with Crippen LogP contribution in [0.5, 0.6) is 0 Å². The minimum absolute atomic E-state index is 0.00108. The molecule has 0 rings (SSSR count). The molecule has 1 amide bonds. The summed E-state index contributed by atoms with van der Waals surface area (Å²) in [4.78, 5) is 13.5. The molecule has 0 saturated carbocycles. The van der Waals surface area contributed by atoms with Gasteiger partial charge in [0.25, 0.3) is 5.91 Å². The average molecular weight is 685 g/mol. The number of hydrogen-bond acceptors (Lipinski definition) is 7. The highest BCUT2D eigenvalue weighted by Gasteiger charge is 2.33. The zero-order chi connectivity index (χ0) is 39.0. The molecule has 0 aromatic rings. The third-order valence-corrected chi connectivity index (χ3v) is 4.66. The van der Waals surface area contributed by atoms with E-state index < -0.39 is 36.9 Å². The maximum atomic E-state index is 12.1. The van der Waals surface area contributed by atoms with Crippen LogP contribution in [0.4, 0.5) is 0 Å². The fourth-order valence-corrected chi connectivity index (χ4v) is 2.45. The van der Waals surface area contributed by atoms with Crippen LogP contribution < -0.4 is 5.32 Å². The monoisotopic (exact) mass is 684 g/mol. The maximum Gasteiger partial charge on any atom is 0.251 e. The first-order valence-electron chi connectivity index (χ1n) is 14.2. The Balaban J connectivity index is 5.54. The van der Waals surface area contributed by atoms with E-state index in [-0.39, 0.29) is 19.5 Å². The van der Waals surface area contributed by atoms with Gasteiger partial charge in [-0.3, -0.25) is 9.69 Å². The molecule has 0 bridgehead atoms. The van der Waals surface area contributed by atoms with E-state index in [0.717, 1.165) is 0 Å². The normalized spacial score (nSPS) is 8.74. The number of aliphatic hydroxyl groups excluding tert-OH is 5. The van der Waals surface area contributed by atoms with Crippen LogP contribution >= 0.6 is 0 Å². The lowest BCUT2D eigenvalue weighted by atomic mass is 10.0. The number of carbonyl (C=O) groups is 1. The fourth-order valence-electron chi connectivity index (χ4n) is 2.45. The summed E-state index contributed by atoms with van der Waals surface area (Å²) < 4.78 is 0. The van der Waals surface area contributed by atoms with Crippen molar-refractivity contribution in [1.82, 2.24) is 10.2 Å². The van der Waals surface area contributed by atoms with E-state index >= 15 is 0 Å². The quantitative estimate of drug-likeness (QED) is 0.0844. The maximum absolute atomic E-state index is 12.1. The molecule has 246 valence electrons. The Morgan fingerprint density at radius 3 is 1.09 bits per heavy atom. The third-order valence-electron chi connectivity index (χ3n) is 4.66. The number of amides is 1. The molecule has 6 N–H and O–H groups in total. The standard InChI is InChI=1S/C45H20N2O6/c1-3-5-7-9-11-13-15-17-19-21-23-25-27-29-31-33-37-47(39-35-36-46-45(53)44(52)43(51)42(50)41(49)40-48)38-34-32-30-28-26-24-22-20-18-16-14-12-10-8-6-4-2/h1-2,41-44,48-52H,35-36,39-40H2,(H,46,53). The van der Waals surface area contributed by atoms with Gasteiger partial charge >= 0.3 is 0 Å². The molecule has 0 aromatic heterocycles. The van der Waals surface area contributed by atoms with Crippen molar-refractivity contribution in [1.29, 1.82) is 0 Å². The number of terminal acetylenes is 2. The number of carbonyl (C=O) groups excluding carboxylic acids is 1. The van der Waals surface area contributed by atoms with Gasteiger partial charge in [0.1, 0.15) is 18.3 Å². The van der Waals surface area contributed by atoms with Gasteiger partial charge in [-0.15, -0.1) is 12.8 Å².